The Bertz CT molecular complexity index is 610. The van der Waals surface area contributed by atoms with Gasteiger partial charge in [-0.05, 0) is 30.5 Å². The van der Waals surface area contributed by atoms with Crippen LogP contribution in [-0.4, -0.2) is 44.2 Å². The zero-order valence-corrected chi connectivity index (χ0v) is 12.4. The minimum atomic E-state index is -0.793. The predicted molar refractivity (Wildman–Crippen MR) is 81.4 cm³/mol. The third-order valence-corrected chi connectivity index (χ3v) is 4.11. The van der Waals surface area contributed by atoms with Gasteiger partial charge >= 0.3 is 5.97 Å². The predicted octanol–water partition coefficient (Wildman–Crippen LogP) is 1.81. The summed E-state index contributed by atoms with van der Waals surface area (Å²) >= 11 is 0. The third-order valence-electron chi connectivity index (χ3n) is 4.11. The zero-order chi connectivity index (χ0) is 15.4. The topological polar surface area (TPSA) is 82.1 Å². The second-order valence-electron chi connectivity index (χ2n) is 5.83. The van der Waals surface area contributed by atoms with Crippen LogP contribution in [0.5, 0.6) is 0 Å². The molecular formula is C16H20N4O2. The van der Waals surface area contributed by atoms with Crippen molar-refractivity contribution in [1.29, 1.82) is 0 Å². The van der Waals surface area contributed by atoms with E-state index in [0.29, 0.717) is 5.92 Å². The fourth-order valence-electron chi connectivity index (χ4n) is 3.03. The minimum Gasteiger partial charge on any atom is -0.481 e. The number of nitrogens with zero attached hydrogens (tertiary/aromatic N) is 3. The molecule has 1 aliphatic heterocycles. The summed E-state index contributed by atoms with van der Waals surface area (Å²) in [6.07, 6.45) is 3.94. The molecule has 0 bridgehead atoms. The molecule has 116 valence electrons. The van der Waals surface area contributed by atoms with Gasteiger partial charge in [0, 0.05) is 19.0 Å². The van der Waals surface area contributed by atoms with Crippen LogP contribution in [0.2, 0.25) is 0 Å². The van der Waals surface area contributed by atoms with Crippen molar-refractivity contribution in [3.8, 4) is 0 Å². The maximum atomic E-state index is 10.7. The first-order chi connectivity index (χ1) is 10.7. The van der Waals surface area contributed by atoms with E-state index in [1.54, 1.807) is 6.33 Å². The molecule has 0 radical (unpaired) electrons. The van der Waals surface area contributed by atoms with Gasteiger partial charge in [0.15, 0.2) is 0 Å². The van der Waals surface area contributed by atoms with E-state index in [1.165, 1.54) is 5.56 Å². The van der Waals surface area contributed by atoms with Gasteiger partial charge in [0.1, 0.15) is 12.2 Å². The molecule has 1 aromatic carbocycles. The standard InChI is InChI=1S/C16H20N4O2/c21-15(22)8-12-3-5-13(6-4-12)9-20-7-1-2-14(10-20)16-17-11-18-19-16/h3-6,11,14H,1-2,7-10H2,(H,21,22)(H,17,18,19). The van der Waals surface area contributed by atoms with Gasteiger partial charge in [-0.1, -0.05) is 24.3 Å². The number of benzene rings is 1. The Labute approximate surface area is 129 Å². The Kier molecular flexibility index (Phi) is 4.48. The lowest BCUT2D eigenvalue weighted by molar-refractivity contribution is -0.136. The van der Waals surface area contributed by atoms with E-state index in [9.17, 15) is 4.79 Å². The van der Waals surface area contributed by atoms with Gasteiger partial charge in [0.2, 0.25) is 0 Å². The Hall–Kier alpha value is -2.21. The molecule has 0 saturated carbocycles. The number of carboxylic acid groups (broad SMARTS) is 1. The number of aliphatic carboxylic acids is 1. The highest BCUT2D eigenvalue weighted by Gasteiger charge is 2.23. The molecule has 22 heavy (non-hydrogen) atoms. The van der Waals surface area contributed by atoms with Gasteiger partial charge in [-0.25, -0.2) is 4.98 Å². The molecule has 0 spiro atoms. The van der Waals surface area contributed by atoms with Crippen LogP contribution in [0.15, 0.2) is 30.6 Å². The van der Waals surface area contributed by atoms with Crippen LogP contribution < -0.4 is 0 Å². The van der Waals surface area contributed by atoms with Crippen LogP contribution in [0, 0.1) is 0 Å². The second kappa shape index (κ2) is 6.70. The molecule has 1 aliphatic rings. The first-order valence-electron chi connectivity index (χ1n) is 7.58. The lowest BCUT2D eigenvalue weighted by Crippen LogP contribution is -2.34. The van der Waals surface area contributed by atoms with Crippen molar-refractivity contribution in [2.75, 3.05) is 13.1 Å². The number of piperidine rings is 1. The summed E-state index contributed by atoms with van der Waals surface area (Å²) in [6, 6.07) is 7.86. The number of carbonyl (C=O) groups is 1. The Balaban J connectivity index is 1.59. The van der Waals surface area contributed by atoms with Crippen LogP contribution in [0.4, 0.5) is 0 Å². The molecule has 1 unspecified atom stereocenters. The molecule has 0 aliphatic carbocycles. The molecule has 1 saturated heterocycles. The number of hydrogen-bond donors (Lipinski definition) is 2. The van der Waals surface area contributed by atoms with E-state index in [1.807, 2.05) is 24.3 Å². The quantitative estimate of drug-likeness (QED) is 0.880. The average Bonchev–Trinajstić information content (AvgIpc) is 3.03. The highest BCUT2D eigenvalue weighted by Crippen LogP contribution is 2.25. The summed E-state index contributed by atoms with van der Waals surface area (Å²) in [5, 5.41) is 15.7. The largest absolute Gasteiger partial charge is 0.481 e. The number of H-pyrrole nitrogens is 1. The van der Waals surface area contributed by atoms with Gasteiger partial charge in [-0.3, -0.25) is 14.8 Å². The van der Waals surface area contributed by atoms with E-state index in [0.717, 1.165) is 43.9 Å². The van der Waals surface area contributed by atoms with Gasteiger partial charge < -0.3 is 5.11 Å². The zero-order valence-electron chi connectivity index (χ0n) is 12.4. The van der Waals surface area contributed by atoms with Crippen molar-refractivity contribution in [3.63, 3.8) is 0 Å². The maximum Gasteiger partial charge on any atom is 0.307 e. The third kappa shape index (κ3) is 3.71. The fourth-order valence-corrected chi connectivity index (χ4v) is 3.03. The molecule has 1 aromatic heterocycles. The van der Waals surface area contributed by atoms with Gasteiger partial charge in [-0.2, -0.15) is 5.10 Å². The second-order valence-corrected chi connectivity index (χ2v) is 5.83. The van der Waals surface area contributed by atoms with Crippen molar-refractivity contribution >= 4 is 5.97 Å². The van der Waals surface area contributed by atoms with Gasteiger partial charge in [-0.15, -0.1) is 0 Å². The van der Waals surface area contributed by atoms with E-state index < -0.39 is 5.97 Å². The lowest BCUT2D eigenvalue weighted by Gasteiger charge is -2.31. The van der Waals surface area contributed by atoms with E-state index in [4.69, 9.17) is 5.11 Å². The minimum absolute atomic E-state index is 0.0809. The van der Waals surface area contributed by atoms with Crippen LogP contribution >= 0.6 is 0 Å². The van der Waals surface area contributed by atoms with Crippen LogP contribution in [0.1, 0.15) is 35.7 Å². The highest BCUT2D eigenvalue weighted by molar-refractivity contribution is 5.70. The Morgan fingerprint density at radius 2 is 2.09 bits per heavy atom. The Morgan fingerprint density at radius 3 is 2.77 bits per heavy atom. The summed E-state index contributed by atoms with van der Waals surface area (Å²) in [5.41, 5.74) is 2.06. The first kappa shape index (κ1) is 14.7. The van der Waals surface area contributed by atoms with Gasteiger partial charge in [0.05, 0.1) is 6.42 Å². The number of aromatic amines is 1. The normalized spacial score (nSPS) is 19.2. The molecule has 3 rings (SSSR count). The van der Waals surface area contributed by atoms with E-state index in [-0.39, 0.29) is 6.42 Å². The summed E-state index contributed by atoms with van der Waals surface area (Å²) in [4.78, 5) is 17.4. The van der Waals surface area contributed by atoms with E-state index >= 15 is 0 Å². The molecule has 6 heteroatoms. The lowest BCUT2D eigenvalue weighted by atomic mass is 9.97. The molecular weight excluding hydrogens is 280 g/mol. The average molecular weight is 300 g/mol. The fraction of sp³-hybridized carbons (Fsp3) is 0.438. The van der Waals surface area contributed by atoms with Crippen molar-refractivity contribution in [2.24, 2.45) is 0 Å². The number of carboxylic acids is 1. The van der Waals surface area contributed by atoms with Crippen LogP contribution in [0.25, 0.3) is 0 Å². The molecule has 0 amide bonds. The molecule has 2 N–H and O–H groups in total. The summed E-state index contributed by atoms with van der Waals surface area (Å²) in [7, 11) is 0. The highest BCUT2D eigenvalue weighted by atomic mass is 16.4. The van der Waals surface area contributed by atoms with Crippen LogP contribution in [0.3, 0.4) is 0 Å². The maximum absolute atomic E-state index is 10.7. The van der Waals surface area contributed by atoms with Crippen molar-refractivity contribution in [2.45, 2.75) is 31.7 Å². The van der Waals surface area contributed by atoms with E-state index in [2.05, 4.69) is 20.1 Å². The van der Waals surface area contributed by atoms with Crippen molar-refractivity contribution < 1.29 is 9.90 Å². The number of hydrogen-bond acceptors (Lipinski definition) is 4. The molecule has 1 atom stereocenters. The molecule has 2 heterocycles. The van der Waals surface area contributed by atoms with Crippen LogP contribution in [-0.2, 0) is 17.8 Å². The molecule has 1 fully saturated rings. The smallest absolute Gasteiger partial charge is 0.307 e. The summed E-state index contributed by atoms with van der Waals surface area (Å²) < 4.78 is 0. The van der Waals surface area contributed by atoms with Crippen molar-refractivity contribution in [1.82, 2.24) is 20.1 Å². The number of nitrogens with one attached hydrogen (secondary N) is 1. The van der Waals surface area contributed by atoms with Gasteiger partial charge in [0.25, 0.3) is 0 Å². The number of aromatic nitrogens is 3. The SMILES string of the molecule is O=C(O)Cc1ccc(CN2CCCC(c3ncn[nH]3)C2)cc1. The molecule has 2 aromatic rings. The number of likely N-dealkylation sites (tertiary alicyclic amines) is 1. The van der Waals surface area contributed by atoms with Crippen molar-refractivity contribution in [3.05, 3.63) is 47.5 Å². The molecule has 6 nitrogen and oxygen atoms in total. The number of rotatable bonds is 5. The summed E-state index contributed by atoms with van der Waals surface area (Å²) in [6.45, 7) is 2.95. The first-order valence-corrected chi connectivity index (χ1v) is 7.58. The Morgan fingerprint density at radius 1 is 1.32 bits per heavy atom. The monoisotopic (exact) mass is 300 g/mol. The summed E-state index contributed by atoms with van der Waals surface area (Å²) in [5.74, 6) is 0.600.